The highest BCUT2D eigenvalue weighted by atomic mass is 32.1. The Morgan fingerprint density at radius 1 is 1.39 bits per heavy atom. The Kier molecular flexibility index (Phi) is 3.57. The number of carbonyl (C=O) groups excluding carboxylic acids is 1. The van der Waals surface area contributed by atoms with Gasteiger partial charge in [-0.3, -0.25) is 4.79 Å². The van der Waals surface area contributed by atoms with Gasteiger partial charge >= 0.3 is 0 Å². The lowest BCUT2D eigenvalue weighted by Gasteiger charge is -2.16. The van der Waals surface area contributed by atoms with Gasteiger partial charge in [0.05, 0.1) is 5.69 Å². The summed E-state index contributed by atoms with van der Waals surface area (Å²) in [5.41, 5.74) is 1.61. The van der Waals surface area contributed by atoms with Crippen molar-refractivity contribution in [2.24, 2.45) is 0 Å². The van der Waals surface area contributed by atoms with Crippen LogP contribution in [-0.4, -0.2) is 32.5 Å². The Morgan fingerprint density at radius 3 is 2.61 bits per heavy atom. The van der Waals surface area contributed by atoms with E-state index in [1.807, 2.05) is 0 Å². The lowest BCUT2D eigenvalue weighted by molar-refractivity contribution is 0.0789. The molecule has 1 aromatic carbocycles. The van der Waals surface area contributed by atoms with Gasteiger partial charge in [-0.2, -0.15) is 0 Å². The smallest absolute Gasteiger partial charge is 0.267 e. The van der Waals surface area contributed by atoms with Crippen molar-refractivity contribution in [2.75, 3.05) is 7.05 Å². The number of phenolic OH excluding ortho intramolecular Hbond substituents is 1. The van der Waals surface area contributed by atoms with Crippen LogP contribution in [0.15, 0.2) is 24.3 Å². The molecule has 5 nitrogen and oxygen atoms in total. The summed E-state index contributed by atoms with van der Waals surface area (Å²) in [4.78, 5) is 14.3. The fourth-order valence-corrected chi connectivity index (χ4v) is 2.20. The fourth-order valence-electron chi connectivity index (χ4n) is 1.55. The largest absolute Gasteiger partial charge is 0.508 e. The SMILES string of the molecule is Cc1nnsc1C(=O)N(C)Cc1ccc(O)cc1. The molecule has 0 spiro atoms. The highest BCUT2D eigenvalue weighted by molar-refractivity contribution is 7.07. The van der Waals surface area contributed by atoms with Crippen molar-refractivity contribution in [1.82, 2.24) is 14.5 Å². The van der Waals surface area contributed by atoms with Crippen molar-refractivity contribution in [3.63, 3.8) is 0 Å². The van der Waals surface area contributed by atoms with Crippen LogP contribution in [0, 0.1) is 6.92 Å². The molecular formula is C12H13N3O2S. The predicted molar refractivity (Wildman–Crippen MR) is 68.6 cm³/mol. The molecule has 0 saturated carbocycles. The third kappa shape index (κ3) is 2.65. The van der Waals surface area contributed by atoms with Gasteiger partial charge in [0.25, 0.3) is 5.91 Å². The van der Waals surface area contributed by atoms with Gasteiger partial charge in [0, 0.05) is 13.6 Å². The Morgan fingerprint density at radius 2 is 2.06 bits per heavy atom. The molecule has 0 saturated heterocycles. The Labute approximate surface area is 109 Å². The summed E-state index contributed by atoms with van der Waals surface area (Å²) in [7, 11) is 1.73. The monoisotopic (exact) mass is 263 g/mol. The number of aromatic hydroxyl groups is 1. The van der Waals surface area contributed by atoms with E-state index in [1.54, 1.807) is 43.1 Å². The normalized spacial score (nSPS) is 10.3. The number of nitrogens with zero attached hydrogens (tertiary/aromatic N) is 3. The third-order valence-electron chi connectivity index (χ3n) is 2.55. The van der Waals surface area contributed by atoms with Crippen molar-refractivity contribution in [3.05, 3.63) is 40.4 Å². The van der Waals surface area contributed by atoms with E-state index in [1.165, 1.54) is 0 Å². The minimum atomic E-state index is -0.0874. The fraction of sp³-hybridized carbons (Fsp3) is 0.250. The summed E-state index contributed by atoms with van der Waals surface area (Å²) in [6, 6.07) is 6.79. The quantitative estimate of drug-likeness (QED) is 0.917. The number of rotatable bonds is 3. The Balaban J connectivity index is 2.08. The van der Waals surface area contributed by atoms with E-state index in [-0.39, 0.29) is 11.7 Å². The number of aryl methyl sites for hydroxylation is 1. The van der Waals surface area contributed by atoms with E-state index in [9.17, 15) is 9.90 Å². The molecule has 0 aliphatic rings. The van der Waals surface area contributed by atoms with E-state index in [0.717, 1.165) is 17.1 Å². The number of benzene rings is 1. The van der Waals surface area contributed by atoms with Gasteiger partial charge in [-0.25, -0.2) is 0 Å². The third-order valence-corrected chi connectivity index (χ3v) is 3.36. The molecule has 0 unspecified atom stereocenters. The molecule has 18 heavy (non-hydrogen) atoms. The molecular weight excluding hydrogens is 250 g/mol. The van der Waals surface area contributed by atoms with Crippen LogP contribution in [0.25, 0.3) is 0 Å². The standard InChI is InChI=1S/C12H13N3O2S/c1-8-11(18-14-13-8)12(17)15(2)7-9-3-5-10(16)6-4-9/h3-6,16H,7H2,1-2H3. The van der Waals surface area contributed by atoms with Gasteiger partial charge in [-0.15, -0.1) is 5.10 Å². The molecule has 1 N–H and O–H groups in total. The summed E-state index contributed by atoms with van der Waals surface area (Å²) >= 11 is 1.11. The van der Waals surface area contributed by atoms with Crippen LogP contribution in [0.3, 0.4) is 0 Å². The van der Waals surface area contributed by atoms with Gasteiger partial charge in [0.15, 0.2) is 0 Å². The van der Waals surface area contributed by atoms with Crippen LogP contribution in [0.4, 0.5) is 0 Å². The molecule has 0 atom stereocenters. The van der Waals surface area contributed by atoms with Gasteiger partial charge in [-0.1, -0.05) is 16.6 Å². The minimum absolute atomic E-state index is 0.0874. The average molecular weight is 263 g/mol. The van der Waals surface area contributed by atoms with Crippen LogP contribution in [-0.2, 0) is 6.54 Å². The molecule has 0 aliphatic heterocycles. The second-order valence-corrected chi connectivity index (χ2v) is 4.77. The molecule has 94 valence electrons. The van der Waals surface area contributed by atoms with Gasteiger partial charge in [0.1, 0.15) is 10.6 Å². The molecule has 1 heterocycles. The van der Waals surface area contributed by atoms with E-state index < -0.39 is 0 Å². The molecule has 1 amide bonds. The molecule has 1 aromatic heterocycles. The average Bonchev–Trinajstić information content (AvgIpc) is 2.77. The second-order valence-electron chi connectivity index (χ2n) is 4.02. The first-order valence-electron chi connectivity index (χ1n) is 5.40. The minimum Gasteiger partial charge on any atom is -0.508 e. The van der Waals surface area contributed by atoms with E-state index >= 15 is 0 Å². The molecule has 0 aliphatic carbocycles. The molecule has 2 aromatic rings. The maximum absolute atomic E-state index is 12.1. The van der Waals surface area contributed by atoms with Crippen molar-refractivity contribution < 1.29 is 9.90 Å². The highest BCUT2D eigenvalue weighted by Crippen LogP contribution is 2.15. The maximum atomic E-state index is 12.1. The number of phenols is 1. The molecule has 0 fully saturated rings. The van der Waals surface area contributed by atoms with Crippen LogP contribution in [0.5, 0.6) is 5.75 Å². The number of aromatic nitrogens is 2. The summed E-state index contributed by atoms with van der Waals surface area (Å²) in [6.45, 7) is 2.25. The van der Waals surface area contributed by atoms with Crippen molar-refractivity contribution in [1.29, 1.82) is 0 Å². The number of hydrogen-bond donors (Lipinski definition) is 1. The Hall–Kier alpha value is -1.95. The van der Waals surface area contributed by atoms with E-state index in [4.69, 9.17) is 0 Å². The molecule has 0 bridgehead atoms. The molecule has 0 radical (unpaired) electrons. The van der Waals surface area contributed by atoms with Crippen molar-refractivity contribution >= 4 is 17.4 Å². The highest BCUT2D eigenvalue weighted by Gasteiger charge is 2.17. The van der Waals surface area contributed by atoms with E-state index in [0.29, 0.717) is 17.1 Å². The maximum Gasteiger partial charge on any atom is 0.267 e. The van der Waals surface area contributed by atoms with Gasteiger partial charge < -0.3 is 10.0 Å². The first-order chi connectivity index (χ1) is 8.58. The molecule has 6 heteroatoms. The zero-order chi connectivity index (χ0) is 13.1. The van der Waals surface area contributed by atoms with Crippen LogP contribution in [0.2, 0.25) is 0 Å². The van der Waals surface area contributed by atoms with Crippen molar-refractivity contribution in [3.8, 4) is 5.75 Å². The lowest BCUT2D eigenvalue weighted by Crippen LogP contribution is -2.26. The first kappa shape index (κ1) is 12.5. The zero-order valence-electron chi connectivity index (χ0n) is 10.1. The Bertz CT molecular complexity index is 551. The lowest BCUT2D eigenvalue weighted by atomic mass is 10.2. The number of carbonyl (C=O) groups is 1. The van der Waals surface area contributed by atoms with Crippen LogP contribution >= 0.6 is 11.5 Å². The predicted octanol–water partition coefficient (Wildman–Crippen LogP) is 1.82. The second kappa shape index (κ2) is 5.14. The summed E-state index contributed by atoms with van der Waals surface area (Å²) in [5, 5.41) is 13.0. The number of amides is 1. The van der Waals surface area contributed by atoms with Gasteiger partial charge in [0.2, 0.25) is 0 Å². The van der Waals surface area contributed by atoms with Gasteiger partial charge in [-0.05, 0) is 36.2 Å². The zero-order valence-corrected chi connectivity index (χ0v) is 10.9. The summed E-state index contributed by atoms with van der Waals surface area (Å²) < 4.78 is 3.75. The van der Waals surface area contributed by atoms with Crippen LogP contribution in [0.1, 0.15) is 20.9 Å². The molecule has 2 rings (SSSR count). The first-order valence-corrected chi connectivity index (χ1v) is 6.17. The van der Waals surface area contributed by atoms with E-state index in [2.05, 4.69) is 9.59 Å². The number of hydrogen-bond acceptors (Lipinski definition) is 5. The summed E-state index contributed by atoms with van der Waals surface area (Å²) in [5.74, 6) is 0.130. The topological polar surface area (TPSA) is 66.3 Å². The van der Waals surface area contributed by atoms with Crippen LogP contribution < -0.4 is 0 Å². The summed E-state index contributed by atoms with van der Waals surface area (Å²) in [6.07, 6.45) is 0. The van der Waals surface area contributed by atoms with Crippen molar-refractivity contribution in [2.45, 2.75) is 13.5 Å².